The number of carboxylic acid groups (broad SMARTS) is 1. The molecule has 0 heterocycles. The van der Waals surface area contributed by atoms with Crippen LogP contribution in [0.2, 0.25) is 0 Å². The van der Waals surface area contributed by atoms with Crippen LogP contribution in [0.15, 0.2) is 0 Å². The van der Waals surface area contributed by atoms with Crippen molar-refractivity contribution in [2.75, 3.05) is 6.54 Å². The van der Waals surface area contributed by atoms with E-state index in [1.165, 1.54) is 0 Å². The van der Waals surface area contributed by atoms with Gasteiger partial charge in [-0.3, -0.25) is 9.59 Å². The van der Waals surface area contributed by atoms with Crippen LogP contribution in [0.4, 0.5) is 0 Å². The molecule has 0 spiro atoms. The van der Waals surface area contributed by atoms with Gasteiger partial charge in [0, 0.05) is 25.4 Å². The molecule has 112 valence electrons. The molecule has 0 aliphatic heterocycles. The van der Waals surface area contributed by atoms with Gasteiger partial charge < -0.3 is 10.0 Å². The lowest BCUT2D eigenvalue weighted by molar-refractivity contribution is -0.138. The van der Waals surface area contributed by atoms with E-state index < -0.39 is 5.97 Å². The number of hydrogen-bond acceptors (Lipinski definition) is 2. The first kappa shape index (κ1) is 17.9. The third kappa shape index (κ3) is 7.85. The van der Waals surface area contributed by atoms with Crippen molar-refractivity contribution in [3.8, 4) is 0 Å². The van der Waals surface area contributed by atoms with Crippen molar-refractivity contribution in [2.45, 2.75) is 72.3 Å². The highest BCUT2D eigenvalue weighted by Crippen LogP contribution is 2.14. The van der Waals surface area contributed by atoms with Crippen LogP contribution < -0.4 is 0 Å². The molecule has 0 saturated carbocycles. The van der Waals surface area contributed by atoms with E-state index in [1.807, 2.05) is 4.90 Å². The predicted molar refractivity (Wildman–Crippen MR) is 77.0 cm³/mol. The Morgan fingerprint density at radius 1 is 1.05 bits per heavy atom. The zero-order valence-corrected chi connectivity index (χ0v) is 12.8. The molecule has 0 atom stereocenters. The molecule has 0 aliphatic rings. The SMILES string of the molecule is CCC(CC)N(CC(C)C)C(=O)CCCCC(=O)O. The van der Waals surface area contributed by atoms with Gasteiger partial charge >= 0.3 is 5.97 Å². The van der Waals surface area contributed by atoms with Crippen molar-refractivity contribution in [3.63, 3.8) is 0 Å². The van der Waals surface area contributed by atoms with Crippen LogP contribution in [0.3, 0.4) is 0 Å². The number of aliphatic carboxylic acids is 1. The average Bonchev–Trinajstić information content (AvgIpc) is 2.34. The molecule has 0 aromatic carbocycles. The molecule has 0 aliphatic carbocycles. The second-order valence-electron chi connectivity index (χ2n) is 5.51. The highest BCUT2D eigenvalue weighted by molar-refractivity contribution is 5.76. The van der Waals surface area contributed by atoms with Gasteiger partial charge in [0.15, 0.2) is 0 Å². The van der Waals surface area contributed by atoms with Crippen LogP contribution in [0.1, 0.15) is 66.2 Å². The van der Waals surface area contributed by atoms with E-state index in [-0.39, 0.29) is 12.3 Å². The minimum atomic E-state index is -0.786. The maximum atomic E-state index is 12.3. The first-order valence-electron chi connectivity index (χ1n) is 7.43. The molecule has 0 fully saturated rings. The van der Waals surface area contributed by atoms with Crippen molar-refractivity contribution in [1.82, 2.24) is 4.90 Å². The molecule has 19 heavy (non-hydrogen) atoms. The fraction of sp³-hybridized carbons (Fsp3) is 0.867. The highest BCUT2D eigenvalue weighted by Gasteiger charge is 2.21. The molecule has 0 bridgehead atoms. The smallest absolute Gasteiger partial charge is 0.303 e. The third-order valence-corrected chi connectivity index (χ3v) is 3.30. The number of rotatable bonds is 10. The monoisotopic (exact) mass is 271 g/mol. The topological polar surface area (TPSA) is 57.6 Å². The van der Waals surface area contributed by atoms with Gasteiger partial charge in [0.2, 0.25) is 5.91 Å². The van der Waals surface area contributed by atoms with Crippen molar-refractivity contribution in [3.05, 3.63) is 0 Å². The minimum absolute atomic E-state index is 0.155. The molecular weight excluding hydrogens is 242 g/mol. The summed E-state index contributed by atoms with van der Waals surface area (Å²) in [7, 11) is 0. The van der Waals surface area contributed by atoms with Crippen molar-refractivity contribution in [2.24, 2.45) is 5.92 Å². The molecule has 4 heteroatoms. The first-order valence-corrected chi connectivity index (χ1v) is 7.43. The van der Waals surface area contributed by atoms with Gasteiger partial charge in [-0.1, -0.05) is 27.7 Å². The standard InChI is InChI=1S/C15H29NO3/c1-5-13(6-2)16(11-12(3)4)14(17)9-7-8-10-15(18)19/h12-13H,5-11H2,1-4H3,(H,18,19). The lowest BCUT2D eigenvalue weighted by atomic mass is 10.1. The Morgan fingerprint density at radius 2 is 1.58 bits per heavy atom. The number of carboxylic acids is 1. The summed E-state index contributed by atoms with van der Waals surface area (Å²) in [6.07, 6.45) is 3.83. The normalized spacial score (nSPS) is 11.1. The summed E-state index contributed by atoms with van der Waals surface area (Å²) in [5, 5.41) is 8.58. The quantitative estimate of drug-likeness (QED) is 0.620. The maximum Gasteiger partial charge on any atom is 0.303 e. The Bertz CT molecular complexity index is 273. The van der Waals surface area contributed by atoms with Crippen LogP contribution >= 0.6 is 0 Å². The maximum absolute atomic E-state index is 12.3. The van der Waals surface area contributed by atoms with Gasteiger partial charge in [-0.25, -0.2) is 0 Å². The van der Waals surface area contributed by atoms with Crippen LogP contribution in [0.5, 0.6) is 0 Å². The molecule has 0 aromatic rings. The zero-order valence-electron chi connectivity index (χ0n) is 12.8. The summed E-state index contributed by atoms with van der Waals surface area (Å²) >= 11 is 0. The fourth-order valence-electron chi connectivity index (χ4n) is 2.27. The Labute approximate surface area is 117 Å². The number of carbonyl (C=O) groups excluding carboxylic acids is 1. The number of hydrogen-bond donors (Lipinski definition) is 1. The highest BCUT2D eigenvalue weighted by atomic mass is 16.4. The lowest BCUT2D eigenvalue weighted by Crippen LogP contribution is -2.41. The summed E-state index contributed by atoms with van der Waals surface area (Å²) < 4.78 is 0. The van der Waals surface area contributed by atoms with E-state index in [4.69, 9.17) is 5.11 Å². The summed E-state index contributed by atoms with van der Waals surface area (Å²) in [5.41, 5.74) is 0. The Balaban J connectivity index is 4.33. The van der Waals surface area contributed by atoms with Crippen molar-refractivity contribution >= 4 is 11.9 Å². The fourth-order valence-corrected chi connectivity index (χ4v) is 2.27. The zero-order chi connectivity index (χ0) is 14.8. The van der Waals surface area contributed by atoms with Crippen LogP contribution in [0, 0.1) is 5.92 Å². The van der Waals surface area contributed by atoms with Gasteiger partial charge in [-0.05, 0) is 31.6 Å². The third-order valence-electron chi connectivity index (χ3n) is 3.30. The summed E-state index contributed by atoms with van der Waals surface area (Å²) in [6, 6.07) is 0.314. The Morgan fingerprint density at radius 3 is 2.00 bits per heavy atom. The van der Waals surface area contributed by atoms with Crippen molar-refractivity contribution < 1.29 is 14.7 Å². The molecular formula is C15H29NO3. The largest absolute Gasteiger partial charge is 0.481 e. The van der Waals surface area contributed by atoms with E-state index >= 15 is 0 Å². The predicted octanol–water partition coefficient (Wildman–Crippen LogP) is 3.30. The van der Waals surface area contributed by atoms with Crippen LogP contribution in [-0.4, -0.2) is 34.5 Å². The number of unbranched alkanes of at least 4 members (excludes halogenated alkanes) is 1. The number of nitrogens with zero attached hydrogens (tertiary/aromatic N) is 1. The van der Waals surface area contributed by atoms with Gasteiger partial charge in [0.25, 0.3) is 0 Å². The summed E-state index contributed by atoms with van der Waals surface area (Å²) in [4.78, 5) is 24.7. The Hall–Kier alpha value is -1.06. The van der Waals surface area contributed by atoms with E-state index in [0.29, 0.717) is 31.2 Å². The molecule has 0 saturated heterocycles. The van der Waals surface area contributed by atoms with Gasteiger partial charge in [-0.2, -0.15) is 0 Å². The molecule has 1 N–H and O–H groups in total. The van der Waals surface area contributed by atoms with Crippen LogP contribution in [-0.2, 0) is 9.59 Å². The molecule has 0 unspecified atom stereocenters. The van der Waals surface area contributed by atoms with E-state index in [9.17, 15) is 9.59 Å². The van der Waals surface area contributed by atoms with E-state index in [2.05, 4.69) is 27.7 Å². The average molecular weight is 271 g/mol. The lowest BCUT2D eigenvalue weighted by Gasteiger charge is -2.32. The van der Waals surface area contributed by atoms with Gasteiger partial charge in [0.1, 0.15) is 0 Å². The van der Waals surface area contributed by atoms with Crippen LogP contribution in [0.25, 0.3) is 0 Å². The Kier molecular flexibility index (Phi) is 9.27. The first-order chi connectivity index (χ1) is 8.92. The molecule has 0 aromatic heterocycles. The molecule has 1 amide bonds. The van der Waals surface area contributed by atoms with Crippen molar-refractivity contribution in [1.29, 1.82) is 0 Å². The molecule has 4 nitrogen and oxygen atoms in total. The molecule has 0 rings (SSSR count). The summed E-state index contributed by atoms with van der Waals surface area (Å²) in [6.45, 7) is 9.25. The molecule has 0 radical (unpaired) electrons. The number of carbonyl (C=O) groups is 2. The summed E-state index contributed by atoms with van der Waals surface area (Å²) in [5.74, 6) is -0.150. The van der Waals surface area contributed by atoms with E-state index in [0.717, 1.165) is 19.4 Å². The van der Waals surface area contributed by atoms with E-state index in [1.54, 1.807) is 0 Å². The second kappa shape index (κ2) is 9.82. The number of amides is 1. The minimum Gasteiger partial charge on any atom is -0.481 e. The second-order valence-corrected chi connectivity index (χ2v) is 5.51. The van der Waals surface area contributed by atoms with Gasteiger partial charge in [0.05, 0.1) is 0 Å². The van der Waals surface area contributed by atoms with Gasteiger partial charge in [-0.15, -0.1) is 0 Å².